The topological polar surface area (TPSA) is 41.1 Å². The Balaban J connectivity index is 2.00. The minimum atomic E-state index is 0.340. The van der Waals surface area contributed by atoms with Crippen LogP contribution in [0.5, 0.6) is 0 Å². The van der Waals surface area contributed by atoms with E-state index < -0.39 is 0 Å². The molecule has 0 aliphatic carbocycles. The molecule has 4 nitrogen and oxygen atoms in total. The number of hydrogen-bond donors (Lipinski definition) is 1. The zero-order valence-corrected chi connectivity index (χ0v) is 10.8. The van der Waals surface area contributed by atoms with Gasteiger partial charge in [0, 0.05) is 24.6 Å². The van der Waals surface area contributed by atoms with Crippen LogP contribution in [0.2, 0.25) is 0 Å². The predicted octanol–water partition coefficient (Wildman–Crippen LogP) is 1.61. The van der Waals surface area contributed by atoms with E-state index in [9.17, 15) is 0 Å². The fourth-order valence-corrected chi connectivity index (χ4v) is 2.46. The first-order valence-electron chi connectivity index (χ1n) is 6.47. The molecule has 1 aromatic heterocycles. The van der Waals surface area contributed by atoms with Gasteiger partial charge in [-0.1, -0.05) is 0 Å². The van der Waals surface area contributed by atoms with Gasteiger partial charge in [-0.2, -0.15) is 0 Å². The minimum Gasteiger partial charge on any atom is -0.317 e. The summed E-state index contributed by atoms with van der Waals surface area (Å²) in [5.74, 6) is 0. The van der Waals surface area contributed by atoms with Gasteiger partial charge in [-0.05, 0) is 46.3 Å². The van der Waals surface area contributed by atoms with E-state index in [1.165, 1.54) is 19.3 Å². The first-order valence-corrected chi connectivity index (χ1v) is 6.47. The van der Waals surface area contributed by atoms with Crippen LogP contribution in [-0.4, -0.2) is 41.0 Å². The molecular formula is C13H22N4. The summed E-state index contributed by atoms with van der Waals surface area (Å²) in [5, 5.41) is 3.46. The Labute approximate surface area is 103 Å². The summed E-state index contributed by atoms with van der Waals surface area (Å²) in [5.41, 5.74) is 1.06. The van der Waals surface area contributed by atoms with E-state index in [4.69, 9.17) is 0 Å². The molecule has 4 heteroatoms. The predicted molar refractivity (Wildman–Crippen MR) is 68.7 cm³/mol. The average Bonchev–Trinajstić information content (AvgIpc) is 2.67. The van der Waals surface area contributed by atoms with Gasteiger partial charge < -0.3 is 5.32 Å². The molecule has 2 rings (SSSR count). The lowest BCUT2D eigenvalue weighted by Gasteiger charge is -2.32. The van der Waals surface area contributed by atoms with Crippen LogP contribution in [0.25, 0.3) is 0 Å². The molecule has 17 heavy (non-hydrogen) atoms. The monoisotopic (exact) mass is 234 g/mol. The fraction of sp³-hybridized carbons (Fsp3) is 0.692. The van der Waals surface area contributed by atoms with E-state index >= 15 is 0 Å². The maximum absolute atomic E-state index is 4.40. The maximum atomic E-state index is 4.40. The Bertz CT molecular complexity index is 319. The molecule has 0 radical (unpaired) electrons. The number of nitrogens with one attached hydrogen (secondary N) is 1. The summed E-state index contributed by atoms with van der Waals surface area (Å²) in [6.07, 6.45) is 9.13. The second kappa shape index (κ2) is 6.07. The summed E-state index contributed by atoms with van der Waals surface area (Å²) < 4.78 is 0. The van der Waals surface area contributed by atoms with E-state index in [0.717, 1.165) is 18.8 Å². The van der Waals surface area contributed by atoms with Gasteiger partial charge in [0.2, 0.25) is 0 Å². The summed E-state index contributed by atoms with van der Waals surface area (Å²) in [7, 11) is 2.20. The summed E-state index contributed by atoms with van der Waals surface area (Å²) in [4.78, 5) is 11.0. The van der Waals surface area contributed by atoms with Crippen molar-refractivity contribution in [1.29, 1.82) is 0 Å². The van der Waals surface area contributed by atoms with Crippen LogP contribution in [0.15, 0.2) is 18.6 Å². The first kappa shape index (κ1) is 12.5. The molecule has 0 amide bonds. The van der Waals surface area contributed by atoms with Gasteiger partial charge in [0.05, 0.1) is 11.7 Å². The summed E-state index contributed by atoms with van der Waals surface area (Å²) in [6.45, 7) is 4.49. The quantitative estimate of drug-likeness (QED) is 0.862. The smallest absolute Gasteiger partial charge is 0.0755 e. The molecular weight excluding hydrogens is 212 g/mol. The highest BCUT2D eigenvalue weighted by atomic mass is 15.2. The molecule has 0 saturated carbocycles. The molecule has 1 aliphatic heterocycles. The van der Waals surface area contributed by atoms with Crippen LogP contribution in [0.4, 0.5) is 0 Å². The molecule has 1 N–H and O–H groups in total. The third-order valence-corrected chi connectivity index (χ3v) is 3.74. The van der Waals surface area contributed by atoms with Crippen molar-refractivity contribution in [2.75, 3.05) is 20.1 Å². The molecule has 1 aromatic rings. The average molecular weight is 234 g/mol. The van der Waals surface area contributed by atoms with Gasteiger partial charge in [-0.3, -0.25) is 14.9 Å². The van der Waals surface area contributed by atoms with Gasteiger partial charge in [-0.15, -0.1) is 0 Å². The molecule has 1 saturated heterocycles. The van der Waals surface area contributed by atoms with Gasteiger partial charge in [0.1, 0.15) is 0 Å². The Morgan fingerprint density at radius 3 is 3.00 bits per heavy atom. The lowest BCUT2D eigenvalue weighted by Crippen LogP contribution is -2.35. The third-order valence-electron chi connectivity index (χ3n) is 3.74. The molecule has 2 atom stereocenters. The van der Waals surface area contributed by atoms with Crippen molar-refractivity contribution in [3.63, 3.8) is 0 Å². The minimum absolute atomic E-state index is 0.340. The molecule has 2 unspecified atom stereocenters. The lowest BCUT2D eigenvalue weighted by atomic mass is 10.1. The Morgan fingerprint density at radius 1 is 1.35 bits per heavy atom. The summed E-state index contributed by atoms with van der Waals surface area (Å²) >= 11 is 0. The van der Waals surface area contributed by atoms with E-state index in [1.54, 1.807) is 12.4 Å². The molecule has 1 fully saturated rings. The van der Waals surface area contributed by atoms with E-state index in [2.05, 4.69) is 34.2 Å². The van der Waals surface area contributed by atoms with Crippen LogP contribution in [0, 0.1) is 0 Å². The normalized spacial score (nSPS) is 23.4. The van der Waals surface area contributed by atoms with Crippen molar-refractivity contribution in [2.24, 2.45) is 0 Å². The van der Waals surface area contributed by atoms with Crippen LogP contribution in [0.1, 0.15) is 37.9 Å². The van der Waals surface area contributed by atoms with Crippen LogP contribution >= 0.6 is 0 Å². The van der Waals surface area contributed by atoms with Gasteiger partial charge in [-0.25, -0.2) is 0 Å². The van der Waals surface area contributed by atoms with Gasteiger partial charge in [0.25, 0.3) is 0 Å². The fourth-order valence-electron chi connectivity index (χ4n) is 2.46. The van der Waals surface area contributed by atoms with Crippen LogP contribution in [0.3, 0.4) is 0 Å². The van der Waals surface area contributed by atoms with Crippen LogP contribution in [-0.2, 0) is 0 Å². The SMILES string of the molecule is CC(c1cnccn1)N(C)C1CCCNCC1. The van der Waals surface area contributed by atoms with Crippen molar-refractivity contribution >= 4 is 0 Å². The van der Waals surface area contributed by atoms with E-state index in [1.807, 2.05) is 6.20 Å². The molecule has 0 aromatic carbocycles. The van der Waals surface area contributed by atoms with Gasteiger partial charge in [0.15, 0.2) is 0 Å². The molecule has 0 spiro atoms. The zero-order valence-electron chi connectivity index (χ0n) is 10.8. The molecule has 94 valence electrons. The number of rotatable bonds is 3. The number of hydrogen-bond acceptors (Lipinski definition) is 4. The highest BCUT2D eigenvalue weighted by Gasteiger charge is 2.22. The van der Waals surface area contributed by atoms with Crippen molar-refractivity contribution in [2.45, 2.75) is 38.3 Å². The van der Waals surface area contributed by atoms with E-state index in [-0.39, 0.29) is 0 Å². The highest BCUT2D eigenvalue weighted by Crippen LogP contribution is 2.22. The Morgan fingerprint density at radius 2 is 2.24 bits per heavy atom. The standard InChI is InChI=1S/C13H22N4/c1-11(13-10-15-8-9-16-13)17(2)12-4-3-6-14-7-5-12/h8-12,14H,3-7H2,1-2H3. The number of nitrogens with zero attached hydrogens (tertiary/aromatic N) is 3. The van der Waals surface area contributed by atoms with Crippen LogP contribution < -0.4 is 5.32 Å². The van der Waals surface area contributed by atoms with Crippen molar-refractivity contribution < 1.29 is 0 Å². The largest absolute Gasteiger partial charge is 0.317 e. The van der Waals surface area contributed by atoms with E-state index in [0.29, 0.717) is 12.1 Å². The lowest BCUT2D eigenvalue weighted by molar-refractivity contribution is 0.168. The Hall–Kier alpha value is -1.00. The maximum Gasteiger partial charge on any atom is 0.0755 e. The second-order valence-electron chi connectivity index (χ2n) is 4.81. The van der Waals surface area contributed by atoms with Crippen molar-refractivity contribution in [3.05, 3.63) is 24.3 Å². The molecule has 2 heterocycles. The van der Waals surface area contributed by atoms with Crippen molar-refractivity contribution in [1.82, 2.24) is 20.2 Å². The molecule has 1 aliphatic rings. The highest BCUT2D eigenvalue weighted by molar-refractivity contribution is 5.01. The third kappa shape index (κ3) is 3.23. The van der Waals surface area contributed by atoms with Gasteiger partial charge >= 0.3 is 0 Å². The zero-order chi connectivity index (χ0) is 12.1. The summed E-state index contributed by atoms with van der Waals surface area (Å²) in [6, 6.07) is 0.994. The van der Waals surface area contributed by atoms with Crippen molar-refractivity contribution in [3.8, 4) is 0 Å². The molecule has 0 bridgehead atoms. The Kier molecular flexibility index (Phi) is 4.45. The number of aromatic nitrogens is 2. The second-order valence-corrected chi connectivity index (χ2v) is 4.81. The first-order chi connectivity index (χ1) is 8.29.